The van der Waals surface area contributed by atoms with Crippen molar-refractivity contribution in [3.63, 3.8) is 0 Å². The predicted octanol–water partition coefficient (Wildman–Crippen LogP) is 3.14. The summed E-state index contributed by atoms with van der Waals surface area (Å²) in [6, 6.07) is 13.7. The molecule has 7 nitrogen and oxygen atoms in total. The summed E-state index contributed by atoms with van der Waals surface area (Å²) in [6.07, 6.45) is -1.11. The lowest BCUT2D eigenvalue weighted by Crippen LogP contribution is -2.30. The van der Waals surface area contributed by atoms with Crippen molar-refractivity contribution in [2.24, 2.45) is 0 Å². The highest BCUT2D eigenvalue weighted by atomic mass is 16.5. The van der Waals surface area contributed by atoms with Crippen molar-refractivity contribution in [1.29, 1.82) is 0 Å². The fourth-order valence-electron chi connectivity index (χ4n) is 2.55. The second-order valence-electron chi connectivity index (χ2n) is 6.06. The number of carbonyl (C=O) groups is 3. The maximum absolute atomic E-state index is 12.2. The number of hydrogen-bond acceptors (Lipinski definition) is 6. The minimum Gasteiger partial charge on any atom is -0.452 e. The molecule has 0 fully saturated rings. The molecular weight excluding hydrogens is 348 g/mol. The van der Waals surface area contributed by atoms with Crippen LogP contribution in [0.25, 0.3) is 11.0 Å². The molecule has 0 aliphatic rings. The molecule has 0 unspecified atom stereocenters. The van der Waals surface area contributed by atoms with E-state index in [-0.39, 0.29) is 12.2 Å². The van der Waals surface area contributed by atoms with Gasteiger partial charge in [-0.2, -0.15) is 0 Å². The number of hydrogen-bond donors (Lipinski definition) is 1. The first-order chi connectivity index (χ1) is 12.9. The molecule has 0 bridgehead atoms. The number of carbonyl (C=O) groups excluding carboxylic acids is 3. The van der Waals surface area contributed by atoms with E-state index < -0.39 is 18.0 Å². The normalized spacial score (nSPS) is 11.8. The third kappa shape index (κ3) is 4.38. The van der Waals surface area contributed by atoms with Crippen LogP contribution >= 0.6 is 0 Å². The third-order valence-electron chi connectivity index (χ3n) is 3.98. The van der Waals surface area contributed by atoms with E-state index in [1.807, 2.05) is 12.1 Å². The highest BCUT2D eigenvalue weighted by Gasteiger charge is 2.20. The summed E-state index contributed by atoms with van der Waals surface area (Å²) in [4.78, 5) is 35.8. The van der Waals surface area contributed by atoms with Crippen LogP contribution in [0.2, 0.25) is 0 Å². The quantitative estimate of drug-likeness (QED) is 0.531. The molecule has 2 aromatic carbocycles. The predicted molar refractivity (Wildman–Crippen MR) is 98.3 cm³/mol. The van der Waals surface area contributed by atoms with E-state index >= 15 is 0 Å². The molecule has 138 valence electrons. The third-order valence-corrected chi connectivity index (χ3v) is 3.98. The van der Waals surface area contributed by atoms with Gasteiger partial charge >= 0.3 is 5.97 Å². The van der Waals surface area contributed by atoms with Crippen molar-refractivity contribution >= 4 is 34.3 Å². The van der Waals surface area contributed by atoms with Gasteiger partial charge < -0.3 is 14.6 Å². The molecule has 1 heterocycles. The number of anilines is 1. The molecule has 0 spiro atoms. The maximum atomic E-state index is 12.2. The topological polar surface area (TPSA) is 98.5 Å². The lowest BCUT2D eigenvalue weighted by Gasteiger charge is -2.13. The molecule has 1 atom stereocenters. The Morgan fingerprint density at radius 3 is 2.70 bits per heavy atom. The molecule has 0 radical (unpaired) electrons. The van der Waals surface area contributed by atoms with Crippen LogP contribution in [0.5, 0.6) is 0 Å². The largest absolute Gasteiger partial charge is 0.452 e. The number of ketones is 1. The molecule has 3 aromatic rings. The number of nitrogens with one attached hydrogen (secondary N) is 1. The molecular formula is C20H18N2O5. The van der Waals surface area contributed by atoms with E-state index in [1.54, 1.807) is 36.4 Å². The van der Waals surface area contributed by atoms with Gasteiger partial charge in [-0.1, -0.05) is 29.4 Å². The Bertz CT molecular complexity index is 1010. The Hall–Kier alpha value is -3.48. The van der Waals surface area contributed by atoms with Crippen LogP contribution in [-0.4, -0.2) is 28.9 Å². The molecule has 1 aromatic heterocycles. The van der Waals surface area contributed by atoms with Crippen molar-refractivity contribution in [2.45, 2.75) is 26.4 Å². The van der Waals surface area contributed by atoms with E-state index in [2.05, 4.69) is 10.5 Å². The van der Waals surface area contributed by atoms with Crippen LogP contribution in [0.4, 0.5) is 5.69 Å². The van der Waals surface area contributed by atoms with Crippen LogP contribution < -0.4 is 5.32 Å². The number of amides is 1. The zero-order valence-corrected chi connectivity index (χ0v) is 14.9. The summed E-state index contributed by atoms with van der Waals surface area (Å²) in [5.74, 6) is -1.19. The van der Waals surface area contributed by atoms with E-state index in [1.165, 1.54) is 13.8 Å². The van der Waals surface area contributed by atoms with Crippen molar-refractivity contribution < 1.29 is 23.6 Å². The molecule has 0 aliphatic heterocycles. The lowest BCUT2D eigenvalue weighted by molar-refractivity contribution is -0.152. The second kappa shape index (κ2) is 7.82. The average Bonchev–Trinajstić information content (AvgIpc) is 3.04. The number of Topliss-reactive ketones (excluding diaryl/α,β-unsaturated/α-hetero) is 1. The summed E-state index contributed by atoms with van der Waals surface area (Å²) < 4.78 is 10.3. The Labute approximate surface area is 155 Å². The van der Waals surface area contributed by atoms with Crippen LogP contribution in [0.15, 0.2) is 53.1 Å². The molecule has 1 N–H and O–H groups in total. The number of esters is 1. The van der Waals surface area contributed by atoms with Crippen LogP contribution in [0.3, 0.4) is 0 Å². The first-order valence-corrected chi connectivity index (χ1v) is 8.38. The SMILES string of the molecule is CC(=O)c1cccc(NC(=O)[C@H](C)OC(=O)Cc2noc3ccccc23)c1. The first-order valence-electron chi connectivity index (χ1n) is 8.38. The van der Waals surface area contributed by atoms with Gasteiger partial charge in [0.25, 0.3) is 5.91 Å². The molecule has 1 amide bonds. The second-order valence-corrected chi connectivity index (χ2v) is 6.06. The Morgan fingerprint density at radius 2 is 1.93 bits per heavy atom. The highest BCUT2D eigenvalue weighted by molar-refractivity contribution is 5.98. The van der Waals surface area contributed by atoms with Gasteiger partial charge in [0, 0.05) is 16.6 Å². The van der Waals surface area contributed by atoms with Crippen LogP contribution in [-0.2, 0) is 20.7 Å². The minimum atomic E-state index is -1.00. The highest BCUT2D eigenvalue weighted by Crippen LogP contribution is 2.18. The lowest BCUT2D eigenvalue weighted by atomic mass is 10.1. The van der Waals surface area contributed by atoms with Gasteiger partial charge in [-0.15, -0.1) is 0 Å². The van der Waals surface area contributed by atoms with Crippen molar-refractivity contribution in [2.75, 3.05) is 5.32 Å². The van der Waals surface area contributed by atoms with Gasteiger partial charge in [0.15, 0.2) is 17.5 Å². The monoisotopic (exact) mass is 366 g/mol. The van der Waals surface area contributed by atoms with Crippen molar-refractivity contribution in [3.05, 3.63) is 59.8 Å². The zero-order chi connectivity index (χ0) is 19.4. The van der Waals surface area contributed by atoms with Gasteiger partial charge in [-0.25, -0.2) is 0 Å². The molecule has 0 aliphatic carbocycles. The maximum Gasteiger partial charge on any atom is 0.312 e. The number of aromatic nitrogens is 1. The standard InChI is InChI=1S/C20H18N2O5/c1-12(23)14-6-5-7-15(10-14)21-20(25)13(2)26-19(24)11-17-16-8-3-4-9-18(16)27-22-17/h3-10,13H,11H2,1-2H3,(H,21,25)/t13-/m0/s1. The van der Waals surface area contributed by atoms with E-state index in [9.17, 15) is 14.4 Å². The zero-order valence-electron chi connectivity index (χ0n) is 14.9. The average molecular weight is 366 g/mol. The summed E-state index contributed by atoms with van der Waals surface area (Å²) in [6.45, 7) is 2.92. The van der Waals surface area contributed by atoms with E-state index in [0.29, 0.717) is 22.5 Å². The first kappa shape index (κ1) is 18.3. The van der Waals surface area contributed by atoms with Gasteiger partial charge in [0.2, 0.25) is 0 Å². The van der Waals surface area contributed by atoms with Gasteiger partial charge in [0.1, 0.15) is 5.69 Å². The van der Waals surface area contributed by atoms with E-state index in [4.69, 9.17) is 9.26 Å². The fraction of sp³-hybridized carbons (Fsp3) is 0.200. The van der Waals surface area contributed by atoms with Crippen molar-refractivity contribution in [3.8, 4) is 0 Å². The summed E-state index contributed by atoms with van der Waals surface area (Å²) in [5, 5.41) is 7.23. The number of fused-ring (bicyclic) bond motifs is 1. The molecule has 27 heavy (non-hydrogen) atoms. The number of para-hydroxylation sites is 1. The van der Waals surface area contributed by atoms with Gasteiger partial charge in [0.05, 0.1) is 6.42 Å². The number of benzene rings is 2. The summed E-state index contributed by atoms with van der Waals surface area (Å²) in [7, 11) is 0. The minimum absolute atomic E-state index is 0.103. The number of nitrogens with zero attached hydrogens (tertiary/aromatic N) is 1. The summed E-state index contributed by atoms with van der Waals surface area (Å²) in [5.41, 5.74) is 1.97. The number of rotatable bonds is 6. The van der Waals surface area contributed by atoms with Crippen LogP contribution in [0, 0.1) is 0 Å². The van der Waals surface area contributed by atoms with Gasteiger partial charge in [-0.3, -0.25) is 14.4 Å². The smallest absolute Gasteiger partial charge is 0.312 e. The van der Waals surface area contributed by atoms with E-state index in [0.717, 1.165) is 5.39 Å². The fourth-order valence-corrected chi connectivity index (χ4v) is 2.55. The molecule has 3 rings (SSSR count). The Kier molecular flexibility index (Phi) is 5.30. The Morgan fingerprint density at radius 1 is 1.15 bits per heavy atom. The van der Waals surface area contributed by atoms with Crippen LogP contribution in [0.1, 0.15) is 29.9 Å². The Balaban J connectivity index is 1.60. The molecule has 7 heteroatoms. The summed E-state index contributed by atoms with van der Waals surface area (Å²) >= 11 is 0. The van der Waals surface area contributed by atoms with Gasteiger partial charge in [-0.05, 0) is 38.1 Å². The number of ether oxygens (including phenoxy) is 1. The van der Waals surface area contributed by atoms with Crippen molar-refractivity contribution in [1.82, 2.24) is 5.16 Å². The molecule has 0 saturated heterocycles. The molecule has 0 saturated carbocycles.